The molecule has 0 bridgehead atoms. The molecule has 0 fully saturated rings. The molecule has 0 heterocycles. The summed E-state index contributed by atoms with van der Waals surface area (Å²) in [7, 11) is 0. The molecule has 2 nitrogen and oxygen atoms in total. The predicted molar refractivity (Wildman–Crippen MR) is 77.4 cm³/mol. The van der Waals surface area contributed by atoms with Gasteiger partial charge in [-0.1, -0.05) is 43.7 Å². The first-order valence-corrected chi connectivity index (χ1v) is 6.86. The number of hydrogen-bond donors (Lipinski definition) is 1. The van der Waals surface area contributed by atoms with Gasteiger partial charge < -0.3 is 5.11 Å². The summed E-state index contributed by atoms with van der Waals surface area (Å²) < 4.78 is 0. The summed E-state index contributed by atoms with van der Waals surface area (Å²) >= 11 is 0. The topological polar surface area (TPSA) is 37.3 Å². The first-order chi connectivity index (χ1) is 8.84. The van der Waals surface area contributed by atoms with Gasteiger partial charge in [-0.2, -0.15) is 0 Å². The normalized spacial score (nSPS) is 26.9. The summed E-state index contributed by atoms with van der Waals surface area (Å²) in [6, 6.07) is 6.32. The lowest BCUT2D eigenvalue weighted by Gasteiger charge is -2.38. The Morgan fingerprint density at radius 1 is 1.37 bits per heavy atom. The highest BCUT2D eigenvalue weighted by atomic mass is 16.4. The van der Waals surface area contributed by atoms with Crippen molar-refractivity contribution < 1.29 is 9.90 Å². The van der Waals surface area contributed by atoms with E-state index in [1.54, 1.807) is 0 Å². The van der Waals surface area contributed by atoms with Crippen LogP contribution in [0.1, 0.15) is 43.4 Å². The highest BCUT2D eigenvalue weighted by molar-refractivity contribution is 5.90. The van der Waals surface area contributed by atoms with Gasteiger partial charge in [0.25, 0.3) is 0 Å². The molecule has 1 aliphatic carbocycles. The van der Waals surface area contributed by atoms with Gasteiger partial charge in [0.15, 0.2) is 0 Å². The van der Waals surface area contributed by atoms with Crippen LogP contribution in [0.4, 0.5) is 0 Å². The van der Waals surface area contributed by atoms with Crippen LogP contribution in [0.2, 0.25) is 0 Å². The van der Waals surface area contributed by atoms with Crippen molar-refractivity contribution in [2.24, 2.45) is 5.92 Å². The monoisotopic (exact) mass is 258 g/mol. The van der Waals surface area contributed by atoms with Crippen molar-refractivity contribution in [3.05, 3.63) is 46.5 Å². The molecule has 2 heteroatoms. The largest absolute Gasteiger partial charge is 0.478 e. The Morgan fingerprint density at radius 3 is 2.68 bits per heavy atom. The van der Waals surface area contributed by atoms with Crippen LogP contribution in [-0.2, 0) is 10.2 Å². The number of allylic oxidation sites excluding steroid dienone is 1. The van der Waals surface area contributed by atoms with E-state index >= 15 is 0 Å². The zero-order valence-corrected chi connectivity index (χ0v) is 12.2. The quantitative estimate of drug-likeness (QED) is 0.870. The van der Waals surface area contributed by atoms with Crippen molar-refractivity contribution in [2.45, 2.75) is 46.0 Å². The minimum absolute atomic E-state index is 0.375. The van der Waals surface area contributed by atoms with Crippen molar-refractivity contribution in [2.75, 3.05) is 0 Å². The SMILES string of the molecule is Cc1ccc(C)c(C2(C)CC(C)CC=C2C(=O)O)c1. The van der Waals surface area contributed by atoms with Crippen LogP contribution in [0.25, 0.3) is 0 Å². The van der Waals surface area contributed by atoms with Crippen molar-refractivity contribution >= 4 is 5.97 Å². The average molecular weight is 258 g/mol. The molecule has 2 unspecified atom stereocenters. The van der Waals surface area contributed by atoms with E-state index in [1.165, 1.54) is 11.1 Å². The number of benzene rings is 1. The Bertz CT molecular complexity index is 542. The summed E-state index contributed by atoms with van der Waals surface area (Å²) in [5, 5.41) is 9.51. The highest BCUT2D eigenvalue weighted by Gasteiger charge is 2.39. The minimum atomic E-state index is -0.782. The van der Waals surface area contributed by atoms with Gasteiger partial charge in [-0.25, -0.2) is 4.79 Å². The van der Waals surface area contributed by atoms with Crippen molar-refractivity contribution in [1.82, 2.24) is 0 Å². The predicted octanol–water partition coefficient (Wildman–Crippen LogP) is 4.00. The second-order valence-electron chi connectivity index (χ2n) is 6.12. The maximum absolute atomic E-state index is 11.6. The van der Waals surface area contributed by atoms with E-state index in [0.717, 1.165) is 18.4 Å². The fraction of sp³-hybridized carbons (Fsp3) is 0.471. The highest BCUT2D eigenvalue weighted by Crippen LogP contribution is 2.44. The summed E-state index contributed by atoms with van der Waals surface area (Å²) in [6.07, 6.45) is 3.68. The van der Waals surface area contributed by atoms with E-state index < -0.39 is 5.97 Å². The Balaban J connectivity index is 2.61. The van der Waals surface area contributed by atoms with E-state index in [0.29, 0.717) is 11.5 Å². The lowest BCUT2D eigenvalue weighted by atomic mass is 9.65. The summed E-state index contributed by atoms with van der Waals surface area (Å²) in [6.45, 7) is 8.39. The molecule has 0 aliphatic heterocycles. The molecule has 0 radical (unpaired) electrons. The second-order valence-corrected chi connectivity index (χ2v) is 6.12. The number of carbonyl (C=O) groups is 1. The molecule has 0 saturated carbocycles. The van der Waals surface area contributed by atoms with Crippen molar-refractivity contribution in [1.29, 1.82) is 0 Å². The lowest BCUT2D eigenvalue weighted by molar-refractivity contribution is -0.133. The molecule has 1 N–H and O–H groups in total. The Hall–Kier alpha value is -1.57. The Labute approximate surface area is 115 Å². The maximum atomic E-state index is 11.6. The van der Waals surface area contributed by atoms with Gasteiger partial charge in [0.05, 0.1) is 0 Å². The van der Waals surface area contributed by atoms with Crippen LogP contribution < -0.4 is 0 Å². The fourth-order valence-electron chi connectivity index (χ4n) is 3.34. The number of aliphatic carboxylic acids is 1. The molecule has 2 atom stereocenters. The molecular weight excluding hydrogens is 236 g/mol. The first-order valence-electron chi connectivity index (χ1n) is 6.86. The molecule has 0 spiro atoms. The summed E-state index contributed by atoms with van der Waals surface area (Å²) in [5.41, 5.74) is 3.70. The second kappa shape index (κ2) is 4.84. The van der Waals surface area contributed by atoms with Crippen LogP contribution in [0.3, 0.4) is 0 Å². The van der Waals surface area contributed by atoms with E-state index in [9.17, 15) is 9.90 Å². The van der Waals surface area contributed by atoms with E-state index in [4.69, 9.17) is 0 Å². The molecule has 2 rings (SSSR count). The molecule has 0 aromatic heterocycles. The molecule has 0 amide bonds. The molecule has 19 heavy (non-hydrogen) atoms. The summed E-state index contributed by atoms with van der Waals surface area (Å²) in [5.74, 6) is -0.261. The van der Waals surface area contributed by atoms with Gasteiger partial charge >= 0.3 is 5.97 Å². The zero-order valence-electron chi connectivity index (χ0n) is 12.2. The van der Waals surface area contributed by atoms with Gasteiger partial charge in [0, 0.05) is 11.0 Å². The number of hydrogen-bond acceptors (Lipinski definition) is 1. The zero-order chi connectivity index (χ0) is 14.2. The molecule has 102 valence electrons. The van der Waals surface area contributed by atoms with Crippen LogP contribution in [0.5, 0.6) is 0 Å². The van der Waals surface area contributed by atoms with Crippen molar-refractivity contribution in [3.8, 4) is 0 Å². The van der Waals surface area contributed by atoms with Crippen LogP contribution in [0, 0.1) is 19.8 Å². The summed E-state index contributed by atoms with van der Waals surface area (Å²) in [4.78, 5) is 11.6. The van der Waals surface area contributed by atoms with Gasteiger partial charge in [0.2, 0.25) is 0 Å². The van der Waals surface area contributed by atoms with Gasteiger partial charge in [0.1, 0.15) is 0 Å². The smallest absolute Gasteiger partial charge is 0.332 e. The first kappa shape index (κ1) is 13.9. The van der Waals surface area contributed by atoms with Crippen molar-refractivity contribution in [3.63, 3.8) is 0 Å². The molecule has 0 saturated heterocycles. The number of aryl methyl sites for hydroxylation is 2. The third-order valence-electron chi connectivity index (χ3n) is 4.29. The Morgan fingerprint density at radius 2 is 2.05 bits per heavy atom. The van der Waals surface area contributed by atoms with Gasteiger partial charge in [-0.3, -0.25) is 0 Å². The number of carboxylic acids is 1. The van der Waals surface area contributed by atoms with E-state index in [1.807, 2.05) is 6.08 Å². The van der Waals surface area contributed by atoms with E-state index in [2.05, 4.69) is 45.9 Å². The standard InChI is InChI=1S/C17H22O2/c1-11-5-7-13(3)15(9-11)17(4)10-12(2)6-8-14(17)16(18)19/h5,7-9,12H,6,10H2,1-4H3,(H,18,19). The molecule has 1 aliphatic rings. The fourth-order valence-corrected chi connectivity index (χ4v) is 3.34. The maximum Gasteiger partial charge on any atom is 0.332 e. The van der Waals surface area contributed by atoms with Crippen LogP contribution >= 0.6 is 0 Å². The molecular formula is C17H22O2. The van der Waals surface area contributed by atoms with Gasteiger partial charge in [-0.05, 0) is 43.7 Å². The van der Waals surface area contributed by atoms with Gasteiger partial charge in [-0.15, -0.1) is 0 Å². The third-order valence-corrected chi connectivity index (χ3v) is 4.29. The minimum Gasteiger partial charge on any atom is -0.478 e. The molecule has 1 aromatic rings. The van der Waals surface area contributed by atoms with Crippen LogP contribution in [0.15, 0.2) is 29.8 Å². The average Bonchev–Trinajstić information content (AvgIpc) is 2.31. The number of carboxylic acid groups (broad SMARTS) is 1. The van der Waals surface area contributed by atoms with Crippen LogP contribution in [-0.4, -0.2) is 11.1 Å². The lowest BCUT2D eigenvalue weighted by Crippen LogP contribution is -2.34. The third kappa shape index (κ3) is 2.44. The number of rotatable bonds is 2. The Kier molecular flexibility index (Phi) is 3.53. The molecule has 1 aromatic carbocycles. The van der Waals surface area contributed by atoms with E-state index in [-0.39, 0.29) is 5.41 Å².